The predicted octanol–water partition coefficient (Wildman–Crippen LogP) is 1.84. The first-order valence-corrected chi connectivity index (χ1v) is 11.0. The van der Waals surface area contributed by atoms with Crippen LogP contribution in [0.2, 0.25) is 5.02 Å². The summed E-state index contributed by atoms with van der Waals surface area (Å²) >= 11 is 5.77. The van der Waals surface area contributed by atoms with E-state index >= 15 is 0 Å². The van der Waals surface area contributed by atoms with Crippen LogP contribution in [0.3, 0.4) is 0 Å². The molecule has 2 aromatic carbocycles. The molecule has 1 heterocycles. The maximum Gasteiger partial charge on any atom is 0.269 e. The minimum atomic E-state index is -0.722. The zero-order chi connectivity index (χ0) is 24.8. The molecule has 4 N–H and O–H groups in total. The first-order chi connectivity index (χ1) is 16.2. The van der Waals surface area contributed by atoms with Gasteiger partial charge < -0.3 is 21.1 Å². The fraction of sp³-hybridized carbons (Fsp3) is 0.304. The number of benzene rings is 2. The van der Waals surface area contributed by atoms with Gasteiger partial charge in [-0.3, -0.25) is 19.1 Å². The summed E-state index contributed by atoms with van der Waals surface area (Å²) in [6, 6.07) is 10.9. The third-order valence-corrected chi connectivity index (χ3v) is 5.69. The van der Waals surface area contributed by atoms with E-state index in [1.54, 1.807) is 37.3 Å². The monoisotopic (exact) mass is 489 g/mol. The van der Waals surface area contributed by atoms with Crippen LogP contribution >= 0.6 is 11.6 Å². The first-order valence-electron chi connectivity index (χ1n) is 10.6. The largest absolute Gasteiger partial charge is 0.396 e. The van der Waals surface area contributed by atoms with Gasteiger partial charge >= 0.3 is 0 Å². The van der Waals surface area contributed by atoms with E-state index < -0.39 is 29.6 Å². The predicted molar refractivity (Wildman–Crippen MR) is 124 cm³/mol. The normalized spacial score (nSPS) is 11.9. The maximum atomic E-state index is 14.1. The number of nitrogens with two attached hydrogens (primary N) is 1. The number of carbonyl (C=O) groups excluding carboxylic acids is 3. The lowest BCUT2D eigenvalue weighted by molar-refractivity contribution is -0.139. The minimum absolute atomic E-state index is 0.0413. The lowest BCUT2D eigenvalue weighted by Crippen LogP contribution is -2.47. The fourth-order valence-corrected chi connectivity index (χ4v) is 3.76. The van der Waals surface area contributed by atoms with Crippen LogP contribution in [0.15, 0.2) is 42.5 Å². The van der Waals surface area contributed by atoms with Crippen molar-refractivity contribution in [2.45, 2.75) is 32.5 Å². The molecule has 0 spiro atoms. The van der Waals surface area contributed by atoms with Crippen LogP contribution in [0.4, 0.5) is 4.39 Å². The van der Waals surface area contributed by atoms with E-state index in [1.807, 2.05) is 0 Å². The summed E-state index contributed by atoms with van der Waals surface area (Å²) < 4.78 is 15.4. The molecule has 180 valence electrons. The molecule has 0 saturated carbocycles. The highest BCUT2D eigenvalue weighted by molar-refractivity contribution is 6.30. The summed E-state index contributed by atoms with van der Waals surface area (Å²) in [5.41, 5.74) is 6.21. The third kappa shape index (κ3) is 5.70. The molecular weight excluding hydrogens is 465 g/mol. The van der Waals surface area contributed by atoms with Gasteiger partial charge in [0.05, 0.1) is 17.1 Å². The number of hydrogen-bond acceptors (Lipinski definition) is 5. The molecule has 0 saturated heterocycles. The van der Waals surface area contributed by atoms with Crippen LogP contribution < -0.4 is 11.1 Å². The maximum absolute atomic E-state index is 14.1. The van der Waals surface area contributed by atoms with Gasteiger partial charge in [0.1, 0.15) is 12.4 Å². The van der Waals surface area contributed by atoms with E-state index in [9.17, 15) is 23.9 Å². The van der Waals surface area contributed by atoms with Crippen LogP contribution in [0.1, 0.15) is 29.4 Å². The molecule has 0 fully saturated rings. The van der Waals surface area contributed by atoms with Crippen molar-refractivity contribution in [1.82, 2.24) is 20.0 Å². The standard InChI is InChI=1S/C23H25ClFN5O4/c1-14(9-10-31)29(12-19(32)27-11-15-5-4-7-17(24)21(15)25)20(33)13-30-18-8-3-2-6-16(18)22(28-30)23(26)34/h2-8,14,31H,9-13H2,1H3,(H2,26,34)(H,27,32)/t14-/m0/s1. The zero-order valence-electron chi connectivity index (χ0n) is 18.5. The van der Waals surface area contributed by atoms with E-state index in [2.05, 4.69) is 10.4 Å². The smallest absolute Gasteiger partial charge is 0.269 e. The topological polar surface area (TPSA) is 131 Å². The Morgan fingerprint density at radius 3 is 2.68 bits per heavy atom. The number of rotatable bonds is 10. The van der Waals surface area contributed by atoms with E-state index in [-0.39, 0.29) is 48.9 Å². The number of nitrogens with one attached hydrogen (secondary N) is 1. The Morgan fingerprint density at radius 2 is 1.97 bits per heavy atom. The van der Waals surface area contributed by atoms with Crippen molar-refractivity contribution in [2.24, 2.45) is 5.73 Å². The lowest BCUT2D eigenvalue weighted by Gasteiger charge is -2.28. The molecule has 3 rings (SSSR count). The molecule has 0 aliphatic carbocycles. The second-order valence-corrected chi connectivity index (χ2v) is 8.17. The molecule has 0 radical (unpaired) electrons. The molecule has 0 bridgehead atoms. The van der Waals surface area contributed by atoms with Crippen molar-refractivity contribution in [3.05, 3.63) is 64.6 Å². The average molecular weight is 490 g/mol. The van der Waals surface area contributed by atoms with Crippen LogP contribution in [0.5, 0.6) is 0 Å². The van der Waals surface area contributed by atoms with E-state index in [4.69, 9.17) is 17.3 Å². The van der Waals surface area contributed by atoms with Gasteiger partial charge in [0.25, 0.3) is 5.91 Å². The molecule has 0 aliphatic rings. The highest BCUT2D eigenvalue weighted by Gasteiger charge is 2.25. The second-order valence-electron chi connectivity index (χ2n) is 7.76. The highest BCUT2D eigenvalue weighted by Crippen LogP contribution is 2.19. The number of carbonyl (C=O) groups is 3. The molecule has 9 nitrogen and oxygen atoms in total. The Balaban J connectivity index is 1.76. The Morgan fingerprint density at radius 1 is 1.24 bits per heavy atom. The Hall–Kier alpha value is -3.50. The van der Waals surface area contributed by atoms with Gasteiger partial charge in [-0.2, -0.15) is 5.10 Å². The van der Waals surface area contributed by atoms with Crippen LogP contribution in [0.25, 0.3) is 10.9 Å². The fourth-order valence-electron chi connectivity index (χ4n) is 3.57. The summed E-state index contributed by atoms with van der Waals surface area (Å²) in [5.74, 6) is -2.31. The van der Waals surface area contributed by atoms with Gasteiger partial charge in [-0.05, 0) is 25.5 Å². The molecule has 3 amide bonds. The SMILES string of the molecule is C[C@@H](CCO)N(CC(=O)NCc1cccc(Cl)c1F)C(=O)Cn1nc(C(N)=O)c2ccccc21. The molecular formula is C23H25ClFN5O4. The quantitative estimate of drug-likeness (QED) is 0.400. The van der Waals surface area contributed by atoms with Crippen LogP contribution in [-0.4, -0.2) is 56.7 Å². The highest BCUT2D eigenvalue weighted by atomic mass is 35.5. The number of aliphatic hydroxyl groups is 1. The molecule has 0 unspecified atom stereocenters. The summed E-state index contributed by atoms with van der Waals surface area (Å²) in [6.45, 7) is 0.849. The number of halogens is 2. The average Bonchev–Trinajstić information content (AvgIpc) is 3.17. The zero-order valence-corrected chi connectivity index (χ0v) is 19.3. The molecule has 11 heteroatoms. The molecule has 0 aliphatic heterocycles. The minimum Gasteiger partial charge on any atom is -0.396 e. The first kappa shape index (κ1) is 25.1. The molecule has 3 aromatic rings. The number of fused-ring (bicyclic) bond motifs is 1. The number of nitrogens with zero attached hydrogens (tertiary/aromatic N) is 3. The van der Waals surface area contributed by atoms with E-state index in [1.165, 1.54) is 21.7 Å². The van der Waals surface area contributed by atoms with E-state index in [0.717, 1.165) is 0 Å². The van der Waals surface area contributed by atoms with Crippen LogP contribution in [-0.2, 0) is 22.7 Å². The second kappa shape index (κ2) is 11.1. The van der Waals surface area contributed by atoms with E-state index in [0.29, 0.717) is 10.9 Å². The van der Waals surface area contributed by atoms with Gasteiger partial charge in [-0.1, -0.05) is 41.9 Å². The Labute approximate surface area is 200 Å². The third-order valence-electron chi connectivity index (χ3n) is 5.40. The summed E-state index contributed by atoms with van der Waals surface area (Å²) in [4.78, 5) is 38.8. The number of aromatic nitrogens is 2. The summed E-state index contributed by atoms with van der Waals surface area (Å²) in [5, 5.41) is 16.6. The van der Waals surface area contributed by atoms with Gasteiger partial charge in [-0.25, -0.2) is 4.39 Å². The Bertz CT molecular complexity index is 1220. The number of amides is 3. The van der Waals surface area contributed by atoms with Crippen molar-refractivity contribution < 1.29 is 23.9 Å². The van der Waals surface area contributed by atoms with Gasteiger partial charge in [0, 0.05) is 30.1 Å². The van der Waals surface area contributed by atoms with Gasteiger partial charge in [0.15, 0.2) is 5.69 Å². The van der Waals surface area contributed by atoms with Crippen molar-refractivity contribution in [1.29, 1.82) is 0 Å². The van der Waals surface area contributed by atoms with Crippen LogP contribution in [0, 0.1) is 5.82 Å². The summed E-state index contributed by atoms with van der Waals surface area (Å²) in [7, 11) is 0. The lowest BCUT2D eigenvalue weighted by atomic mass is 10.2. The van der Waals surface area contributed by atoms with Crippen molar-refractivity contribution in [3.8, 4) is 0 Å². The molecule has 34 heavy (non-hydrogen) atoms. The van der Waals surface area contributed by atoms with Crippen molar-refractivity contribution >= 4 is 40.2 Å². The number of primary amides is 1. The number of hydrogen-bond donors (Lipinski definition) is 3. The number of para-hydroxylation sites is 1. The van der Waals surface area contributed by atoms with Gasteiger partial charge in [0.2, 0.25) is 11.8 Å². The van der Waals surface area contributed by atoms with Gasteiger partial charge in [-0.15, -0.1) is 0 Å². The molecule has 1 aromatic heterocycles. The summed E-state index contributed by atoms with van der Waals surface area (Å²) in [6.07, 6.45) is 0.244. The molecule has 1 atom stereocenters. The van der Waals surface area contributed by atoms with Crippen molar-refractivity contribution in [3.63, 3.8) is 0 Å². The Kier molecular flexibility index (Phi) is 8.19. The van der Waals surface area contributed by atoms with Crippen molar-refractivity contribution in [2.75, 3.05) is 13.2 Å². The number of aliphatic hydroxyl groups excluding tert-OH is 1.